The standard InChI is InChI=1S/C12H12N2O5.C9H8N2O3.C7H6ClNO3/c1-3-19-12(15)10(7-13)9-5-4-8(18-2)6-11(9)14(16)17;1-14-8-3-2-7(4-5-10)9(6-8)11(12)13;1-12-5-2-3-6(8)7(4-5)9(10)11/h4-6,10H,3H2,1-2H3;2-3,6H,4H2,1H3;2-4H,1H3. The molecule has 0 aliphatic rings. The lowest BCUT2D eigenvalue weighted by molar-refractivity contribution is -0.385. The smallest absolute Gasteiger partial charge is 0.328 e. The number of carbonyl (C=O) groups excluding carboxylic acids is 1. The lowest BCUT2D eigenvalue weighted by Crippen LogP contribution is -2.15. The van der Waals surface area contributed by atoms with Gasteiger partial charge < -0.3 is 18.9 Å². The van der Waals surface area contributed by atoms with Crippen LogP contribution in [-0.2, 0) is 16.0 Å². The third-order valence-electron chi connectivity index (χ3n) is 5.51. The lowest BCUT2D eigenvalue weighted by Gasteiger charge is -2.10. The Morgan fingerprint density at radius 1 is 0.800 bits per heavy atom. The molecule has 3 aromatic rings. The van der Waals surface area contributed by atoms with E-state index < -0.39 is 26.7 Å². The molecular formula is C28H26ClN5O11. The topological polar surface area (TPSA) is 231 Å². The molecule has 0 aliphatic carbocycles. The molecule has 0 fully saturated rings. The second-order valence-electron chi connectivity index (χ2n) is 8.16. The minimum absolute atomic E-state index is 0.00764. The van der Waals surface area contributed by atoms with E-state index >= 15 is 0 Å². The minimum atomic E-state index is -1.33. The number of nitrogens with zero attached hydrogens (tertiary/aromatic N) is 5. The molecule has 0 radical (unpaired) electrons. The Morgan fingerprint density at radius 3 is 1.71 bits per heavy atom. The molecule has 0 aromatic heterocycles. The van der Waals surface area contributed by atoms with Crippen LogP contribution in [0.2, 0.25) is 5.02 Å². The van der Waals surface area contributed by atoms with Crippen molar-refractivity contribution in [1.82, 2.24) is 0 Å². The van der Waals surface area contributed by atoms with Crippen LogP contribution in [0, 0.1) is 53.0 Å². The average Bonchev–Trinajstić information content (AvgIpc) is 3.02. The Morgan fingerprint density at radius 2 is 1.27 bits per heavy atom. The van der Waals surface area contributed by atoms with E-state index in [1.165, 1.54) is 63.8 Å². The first-order valence-electron chi connectivity index (χ1n) is 12.4. The van der Waals surface area contributed by atoms with Crippen LogP contribution in [0.15, 0.2) is 54.6 Å². The van der Waals surface area contributed by atoms with Crippen LogP contribution < -0.4 is 14.2 Å². The second kappa shape index (κ2) is 18.5. The lowest BCUT2D eigenvalue weighted by atomic mass is 9.98. The average molecular weight is 644 g/mol. The van der Waals surface area contributed by atoms with Gasteiger partial charge in [-0.1, -0.05) is 11.6 Å². The van der Waals surface area contributed by atoms with Crippen LogP contribution in [0.25, 0.3) is 0 Å². The first-order valence-corrected chi connectivity index (χ1v) is 12.8. The molecule has 0 saturated carbocycles. The number of ether oxygens (including phenoxy) is 4. The molecule has 0 bridgehead atoms. The Balaban J connectivity index is 0.000000348. The summed E-state index contributed by atoms with van der Waals surface area (Å²) in [7, 11) is 4.24. The summed E-state index contributed by atoms with van der Waals surface area (Å²) in [4.78, 5) is 41.8. The van der Waals surface area contributed by atoms with Gasteiger partial charge in [0.05, 0.1) is 85.0 Å². The Hall–Kier alpha value is -6.00. The predicted molar refractivity (Wildman–Crippen MR) is 158 cm³/mol. The number of nitro groups is 3. The molecule has 16 nitrogen and oxygen atoms in total. The van der Waals surface area contributed by atoms with Crippen LogP contribution >= 0.6 is 11.6 Å². The first kappa shape index (κ1) is 37.0. The molecule has 0 amide bonds. The molecule has 0 saturated heterocycles. The van der Waals surface area contributed by atoms with Gasteiger partial charge in [-0.2, -0.15) is 10.5 Å². The van der Waals surface area contributed by atoms with Gasteiger partial charge in [0.25, 0.3) is 17.1 Å². The summed E-state index contributed by atoms with van der Waals surface area (Å²) in [6.07, 6.45) is 0.0281. The number of esters is 1. The molecule has 0 N–H and O–H groups in total. The normalized spacial score (nSPS) is 10.1. The molecule has 0 spiro atoms. The summed E-state index contributed by atoms with van der Waals surface area (Å²) in [5, 5.41) is 49.5. The predicted octanol–water partition coefficient (Wildman–Crippen LogP) is 5.70. The summed E-state index contributed by atoms with van der Waals surface area (Å²) >= 11 is 5.55. The molecule has 1 atom stereocenters. The summed E-state index contributed by atoms with van der Waals surface area (Å²) in [6, 6.07) is 16.2. The van der Waals surface area contributed by atoms with Gasteiger partial charge in [0.1, 0.15) is 22.3 Å². The van der Waals surface area contributed by atoms with Crippen LogP contribution in [0.3, 0.4) is 0 Å². The second-order valence-corrected chi connectivity index (χ2v) is 8.56. The van der Waals surface area contributed by atoms with Gasteiger partial charge >= 0.3 is 5.97 Å². The van der Waals surface area contributed by atoms with Crippen LogP contribution in [-0.4, -0.2) is 48.7 Å². The number of benzene rings is 3. The van der Waals surface area contributed by atoms with Crippen molar-refractivity contribution in [3.05, 3.63) is 101 Å². The fourth-order valence-corrected chi connectivity index (χ4v) is 3.55. The van der Waals surface area contributed by atoms with Gasteiger partial charge in [-0.15, -0.1) is 0 Å². The van der Waals surface area contributed by atoms with Crippen molar-refractivity contribution in [2.75, 3.05) is 27.9 Å². The quantitative estimate of drug-likeness (QED) is 0.147. The van der Waals surface area contributed by atoms with Crippen LogP contribution in [0.1, 0.15) is 24.0 Å². The molecule has 3 rings (SSSR count). The molecule has 0 heterocycles. The fraction of sp³-hybridized carbons (Fsp3) is 0.250. The number of nitro benzene ring substituents is 3. The van der Waals surface area contributed by atoms with Gasteiger partial charge in [0.2, 0.25) is 0 Å². The first-order chi connectivity index (χ1) is 21.4. The molecular weight excluding hydrogens is 618 g/mol. The van der Waals surface area contributed by atoms with E-state index in [1.54, 1.807) is 25.1 Å². The molecule has 1 unspecified atom stereocenters. The molecule has 3 aromatic carbocycles. The van der Waals surface area contributed by atoms with Crippen molar-refractivity contribution in [3.63, 3.8) is 0 Å². The minimum Gasteiger partial charge on any atom is -0.497 e. The Labute approximate surface area is 261 Å². The zero-order chi connectivity index (χ0) is 34.1. The maximum absolute atomic E-state index is 11.6. The van der Waals surface area contributed by atoms with E-state index in [0.29, 0.717) is 17.1 Å². The number of halogens is 1. The van der Waals surface area contributed by atoms with E-state index in [0.717, 1.165) is 0 Å². The van der Waals surface area contributed by atoms with E-state index in [2.05, 4.69) is 0 Å². The molecule has 236 valence electrons. The zero-order valence-corrected chi connectivity index (χ0v) is 25.0. The van der Waals surface area contributed by atoms with E-state index in [1.807, 2.05) is 6.07 Å². The number of hydrogen-bond acceptors (Lipinski definition) is 13. The van der Waals surface area contributed by atoms with Crippen molar-refractivity contribution in [3.8, 4) is 29.4 Å². The van der Waals surface area contributed by atoms with Crippen molar-refractivity contribution < 1.29 is 38.5 Å². The largest absolute Gasteiger partial charge is 0.497 e. The number of rotatable bonds is 10. The highest BCUT2D eigenvalue weighted by Crippen LogP contribution is 2.31. The highest BCUT2D eigenvalue weighted by atomic mass is 35.5. The number of nitriles is 2. The maximum atomic E-state index is 11.6. The zero-order valence-electron chi connectivity index (χ0n) is 24.3. The third-order valence-corrected chi connectivity index (χ3v) is 5.82. The van der Waals surface area contributed by atoms with Crippen LogP contribution in [0.5, 0.6) is 17.2 Å². The number of carbonyl (C=O) groups is 1. The number of methoxy groups -OCH3 is 3. The van der Waals surface area contributed by atoms with Crippen molar-refractivity contribution in [2.24, 2.45) is 0 Å². The van der Waals surface area contributed by atoms with Gasteiger partial charge in [-0.3, -0.25) is 35.1 Å². The molecule has 45 heavy (non-hydrogen) atoms. The van der Waals surface area contributed by atoms with Gasteiger partial charge in [-0.05, 0) is 43.3 Å². The summed E-state index contributed by atoms with van der Waals surface area (Å²) in [6.45, 7) is 1.69. The van der Waals surface area contributed by atoms with E-state index in [9.17, 15) is 35.1 Å². The number of hydrogen-bond donors (Lipinski definition) is 0. The van der Waals surface area contributed by atoms with Crippen molar-refractivity contribution in [2.45, 2.75) is 19.3 Å². The maximum Gasteiger partial charge on any atom is 0.328 e. The summed E-state index contributed by atoms with van der Waals surface area (Å²) in [5.74, 6) is -1.02. The van der Waals surface area contributed by atoms with E-state index in [-0.39, 0.29) is 46.4 Å². The molecule has 17 heteroatoms. The Kier molecular flexibility index (Phi) is 15.2. The van der Waals surface area contributed by atoms with Gasteiger partial charge in [0, 0.05) is 5.56 Å². The molecule has 0 aliphatic heterocycles. The van der Waals surface area contributed by atoms with Crippen molar-refractivity contribution in [1.29, 1.82) is 10.5 Å². The Bertz CT molecular complexity index is 1620. The fourth-order valence-electron chi connectivity index (χ4n) is 3.36. The summed E-state index contributed by atoms with van der Waals surface area (Å²) < 4.78 is 19.3. The van der Waals surface area contributed by atoms with Gasteiger partial charge in [0.15, 0.2) is 5.92 Å². The van der Waals surface area contributed by atoms with E-state index in [4.69, 9.17) is 41.1 Å². The highest BCUT2D eigenvalue weighted by molar-refractivity contribution is 6.32. The highest BCUT2D eigenvalue weighted by Gasteiger charge is 2.29. The van der Waals surface area contributed by atoms with Gasteiger partial charge in [-0.25, -0.2) is 0 Å². The monoisotopic (exact) mass is 643 g/mol. The SMILES string of the molecule is CCOC(=O)C(C#N)c1ccc(OC)cc1[N+](=O)[O-].COc1ccc(CC#N)c([N+](=O)[O-])c1.COc1ccc(Cl)c([N+](=O)[O-])c1. The van der Waals surface area contributed by atoms with Crippen LogP contribution in [0.4, 0.5) is 17.1 Å². The third kappa shape index (κ3) is 11.0. The summed E-state index contributed by atoms with van der Waals surface area (Å²) in [5.41, 5.74) is -0.175. The van der Waals surface area contributed by atoms with Crippen molar-refractivity contribution >= 4 is 34.6 Å².